The van der Waals surface area contributed by atoms with Gasteiger partial charge in [0.15, 0.2) is 0 Å². The summed E-state index contributed by atoms with van der Waals surface area (Å²) in [6.07, 6.45) is 5.21. The van der Waals surface area contributed by atoms with Gasteiger partial charge in [-0.15, -0.1) is 0 Å². The molecule has 1 aliphatic rings. The lowest BCUT2D eigenvalue weighted by atomic mass is 10.0. The highest BCUT2D eigenvalue weighted by molar-refractivity contribution is 6.33. The molecule has 1 atom stereocenters. The van der Waals surface area contributed by atoms with Crippen molar-refractivity contribution >= 4 is 17.5 Å². The fourth-order valence-corrected chi connectivity index (χ4v) is 3.55. The molecule has 128 valence electrons. The second-order valence-corrected chi connectivity index (χ2v) is 6.61. The molecule has 1 aromatic carbocycles. The summed E-state index contributed by atoms with van der Waals surface area (Å²) in [7, 11) is 1.72. The molecular formula is C18H23ClN4O. The summed E-state index contributed by atoms with van der Waals surface area (Å²) in [5.41, 5.74) is 1.64. The molecule has 1 saturated heterocycles. The summed E-state index contributed by atoms with van der Waals surface area (Å²) in [5.74, 6) is -0.182. The zero-order valence-electron chi connectivity index (χ0n) is 13.9. The molecule has 0 aliphatic carbocycles. The van der Waals surface area contributed by atoms with Crippen LogP contribution in [0.3, 0.4) is 0 Å². The van der Waals surface area contributed by atoms with Gasteiger partial charge in [-0.25, -0.2) is 0 Å². The van der Waals surface area contributed by atoms with Gasteiger partial charge in [0.25, 0.3) is 5.91 Å². The van der Waals surface area contributed by atoms with Crippen molar-refractivity contribution in [3.05, 3.63) is 52.8 Å². The highest BCUT2D eigenvalue weighted by atomic mass is 35.5. The van der Waals surface area contributed by atoms with Crippen LogP contribution in [0.5, 0.6) is 0 Å². The first kappa shape index (κ1) is 17.0. The molecule has 24 heavy (non-hydrogen) atoms. The van der Waals surface area contributed by atoms with Gasteiger partial charge in [0.2, 0.25) is 0 Å². The number of aryl methyl sites for hydroxylation is 1. The van der Waals surface area contributed by atoms with Gasteiger partial charge in [-0.05, 0) is 31.5 Å². The fourth-order valence-electron chi connectivity index (χ4n) is 3.30. The Bertz CT molecular complexity index is 660. The number of likely N-dealkylation sites (tertiary alicyclic amines) is 1. The monoisotopic (exact) mass is 346 g/mol. The number of hydrogen-bond donors (Lipinski definition) is 1. The third-order valence-electron chi connectivity index (χ3n) is 4.58. The molecule has 2 aromatic rings. The maximum Gasteiger partial charge on any atom is 0.271 e. The minimum Gasteiger partial charge on any atom is -0.349 e. The normalized spacial score (nSPS) is 16.8. The lowest BCUT2D eigenvalue weighted by molar-refractivity contribution is 0.0915. The molecular weight excluding hydrogens is 324 g/mol. The summed E-state index contributed by atoms with van der Waals surface area (Å²) in [4.78, 5) is 15.0. The average Bonchev–Trinajstić information content (AvgIpc) is 2.95. The molecule has 6 heteroatoms. The second kappa shape index (κ2) is 7.81. The first-order valence-corrected chi connectivity index (χ1v) is 8.79. The first-order chi connectivity index (χ1) is 11.7. The van der Waals surface area contributed by atoms with Crippen LogP contribution >= 0.6 is 11.6 Å². The van der Waals surface area contributed by atoms with E-state index in [9.17, 15) is 4.79 Å². The quantitative estimate of drug-likeness (QED) is 0.905. The van der Waals surface area contributed by atoms with Crippen LogP contribution in [0.15, 0.2) is 36.5 Å². The van der Waals surface area contributed by atoms with E-state index in [-0.39, 0.29) is 11.9 Å². The molecule has 1 fully saturated rings. The van der Waals surface area contributed by atoms with Crippen molar-refractivity contribution in [1.29, 1.82) is 0 Å². The van der Waals surface area contributed by atoms with Crippen LogP contribution in [0, 0.1) is 0 Å². The number of rotatable bonds is 5. The van der Waals surface area contributed by atoms with Crippen LogP contribution in [0.4, 0.5) is 0 Å². The van der Waals surface area contributed by atoms with E-state index in [0.29, 0.717) is 17.3 Å². The highest BCUT2D eigenvalue weighted by Gasteiger charge is 2.24. The van der Waals surface area contributed by atoms with E-state index < -0.39 is 0 Å². The zero-order valence-corrected chi connectivity index (χ0v) is 14.7. The van der Waals surface area contributed by atoms with Crippen molar-refractivity contribution in [3.63, 3.8) is 0 Å². The van der Waals surface area contributed by atoms with E-state index in [2.05, 4.69) is 27.4 Å². The number of benzene rings is 1. The van der Waals surface area contributed by atoms with Gasteiger partial charge >= 0.3 is 0 Å². The van der Waals surface area contributed by atoms with Gasteiger partial charge in [0.05, 0.1) is 17.3 Å². The van der Waals surface area contributed by atoms with Gasteiger partial charge in [-0.1, -0.05) is 48.4 Å². The van der Waals surface area contributed by atoms with Crippen LogP contribution in [0.25, 0.3) is 0 Å². The Morgan fingerprint density at radius 2 is 1.96 bits per heavy atom. The molecule has 0 saturated carbocycles. The minimum atomic E-state index is -0.182. The first-order valence-electron chi connectivity index (χ1n) is 8.41. The summed E-state index contributed by atoms with van der Waals surface area (Å²) in [6, 6.07) is 10.6. The van der Waals surface area contributed by atoms with E-state index in [1.165, 1.54) is 35.7 Å². The predicted molar refractivity (Wildman–Crippen MR) is 95.2 cm³/mol. The van der Waals surface area contributed by atoms with Crippen LogP contribution in [0.1, 0.15) is 41.4 Å². The van der Waals surface area contributed by atoms with E-state index in [1.807, 2.05) is 18.2 Å². The number of halogens is 1. The van der Waals surface area contributed by atoms with E-state index in [4.69, 9.17) is 11.6 Å². The lowest BCUT2D eigenvalue weighted by Gasteiger charge is -2.35. The molecule has 0 radical (unpaired) electrons. The van der Waals surface area contributed by atoms with Crippen molar-refractivity contribution in [2.75, 3.05) is 19.6 Å². The number of nitrogens with zero attached hydrogens (tertiary/aromatic N) is 3. The van der Waals surface area contributed by atoms with Gasteiger partial charge < -0.3 is 5.32 Å². The number of carbonyl (C=O) groups excluding carboxylic acids is 1. The van der Waals surface area contributed by atoms with Crippen molar-refractivity contribution in [2.45, 2.75) is 25.3 Å². The molecule has 3 rings (SSSR count). The summed E-state index contributed by atoms with van der Waals surface area (Å²) in [6.45, 7) is 2.70. The van der Waals surface area contributed by atoms with E-state index >= 15 is 0 Å². The Balaban J connectivity index is 1.73. The van der Waals surface area contributed by atoms with Gasteiger partial charge in [0, 0.05) is 13.6 Å². The lowest BCUT2D eigenvalue weighted by Crippen LogP contribution is -2.41. The van der Waals surface area contributed by atoms with E-state index in [0.717, 1.165) is 13.1 Å². The van der Waals surface area contributed by atoms with Crippen LogP contribution in [-0.4, -0.2) is 40.2 Å². The molecule has 1 N–H and O–H groups in total. The maximum atomic E-state index is 12.5. The highest BCUT2D eigenvalue weighted by Crippen LogP contribution is 2.24. The molecule has 2 heterocycles. The van der Waals surface area contributed by atoms with Crippen molar-refractivity contribution in [3.8, 4) is 0 Å². The van der Waals surface area contributed by atoms with Crippen LogP contribution in [-0.2, 0) is 7.05 Å². The van der Waals surface area contributed by atoms with Crippen molar-refractivity contribution < 1.29 is 4.79 Å². The summed E-state index contributed by atoms with van der Waals surface area (Å²) >= 11 is 6.07. The molecule has 1 aromatic heterocycles. The Morgan fingerprint density at radius 3 is 2.58 bits per heavy atom. The Hall–Kier alpha value is -1.85. The molecule has 1 amide bonds. The Kier molecular flexibility index (Phi) is 5.53. The standard InChI is InChI=1S/C18H23ClN4O/c1-22-17(15(19)12-21-22)18(24)20-13-16(14-8-4-2-5-9-14)23-10-6-3-7-11-23/h2,4-5,8-9,12,16H,3,6-7,10-11,13H2,1H3,(H,20,24)/t16-/m1/s1. The Morgan fingerprint density at radius 1 is 1.25 bits per heavy atom. The smallest absolute Gasteiger partial charge is 0.271 e. The number of aromatic nitrogens is 2. The molecule has 0 spiro atoms. The number of amides is 1. The van der Waals surface area contributed by atoms with Gasteiger partial charge in [-0.2, -0.15) is 5.10 Å². The Labute approximate surface area is 147 Å². The fraction of sp³-hybridized carbons (Fsp3) is 0.444. The maximum absolute atomic E-state index is 12.5. The largest absolute Gasteiger partial charge is 0.349 e. The zero-order chi connectivity index (χ0) is 16.9. The van der Waals surface area contributed by atoms with Crippen LogP contribution in [0.2, 0.25) is 5.02 Å². The van der Waals surface area contributed by atoms with E-state index in [1.54, 1.807) is 7.05 Å². The topological polar surface area (TPSA) is 50.2 Å². The molecule has 0 unspecified atom stereocenters. The SMILES string of the molecule is Cn1ncc(Cl)c1C(=O)NC[C@H](c1ccccc1)N1CCCCC1. The molecule has 5 nitrogen and oxygen atoms in total. The third kappa shape index (κ3) is 3.79. The van der Waals surface area contributed by atoms with Crippen molar-refractivity contribution in [1.82, 2.24) is 20.0 Å². The average molecular weight is 347 g/mol. The number of nitrogens with one attached hydrogen (secondary N) is 1. The number of piperidine rings is 1. The molecule has 1 aliphatic heterocycles. The summed E-state index contributed by atoms with van der Waals surface area (Å²) < 4.78 is 1.51. The second-order valence-electron chi connectivity index (χ2n) is 6.20. The minimum absolute atomic E-state index is 0.182. The number of carbonyl (C=O) groups is 1. The number of hydrogen-bond acceptors (Lipinski definition) is 3. The van der Waals surface area contributed by atoms with Crippen LogP contribution < -0.4 is 5.32 Å². The van der Waals surface area contributed by atoms with Gasteiger partial charge in [0.1, 0.15) is 5.69 Å². The predicted octanol–water partition coefficient (Wildman–Crippen LogP) is 3.03. The summed E-state index contributed by atoms with van der Waals surface area (Å²) in [5, 5.41) is 7.44. The van der Waals surface area contributed by atoms with Crippen molar-refractivity contribution in [2.24, 2.45) is 7.05 Å². The molecule has 0 bridgehead atoms. The third-order valence-corrected chi connectivity index (χ3v) is 4.86. The van der Waals surface area contributed by atoms with Gasteiger partial charge in [-0.3, -0.25) is 14.4 Å².